The molecule has 0 spiro atoms. The summed E-state index contributed by atoms with van der Waals surface area (Å²) in [5.41, 5.74) is 2.47. The smallest absolute Gasteiger partial charge is 0.194 e. The summed E-state index contributed by atoms with van der Waals surface area (Å²) >= 11 is 0. The molecule has 2 rings (SSSR count). The molecule has 0 N–H and O–H groups in total. The van der Waals surface area contributed by atoms with Crippen molar-refractivity contribution in [2.45, 2.75) is 6.92 Å². The summed E-state index contributed by atoms with van der Waals surface area (Å²) in [7, 11) is 0. The van der Waals surface area contributed by atoms with Crippen LogP contribution in [0.4, 0.5) is 0 Å². The molecule has 0 aliphatic heterocycles. The van der Waals surface area contributed by atoms with E-state index in [1.807, 2.05) is 31.2 Å². The van der Waals surface area contributed by atoms with Gasteiger partial charge < -0.3 is 0 Å². The van der Waals surface area contributed by atoms with E-state index >= 15 is 0 Å². The summed E-state index contributed by atoms with van der Waals surface area (Å²) in [5, 5.41) is 9.00. The van der Waals surface area contributed by atoms with Crippen molar-refractivity contribution in [3.05, 3.63) is 70.8 Å². The summed E-state index contributed by atoms with van der Waals surface area (Å²) in [6, 6.07) is 16.3. The Hall–Kier alpha value is -2.40. The molecule has 0 aliphatic rings. The highest BCUT2D eigenvalue weighted by Crippen LogP contribution is 2.15. The lowest BCUT2D eigenvalue weighted by Crippen LogP contribution is -2.04. The van der Waals surface area contributed by atoms with E-state index in [-0.39, 0.29) is 5.78 Å². The predicted octanol–water partition coefficient (Wildman–Crippen LogP) is 3.10. The van der Waals surface area contributed by atoms with E-state index in [0.29, 0.717) is 16.7 Å². The summed E-state index contributed by atoms with van der Waals surface area (Å²) in [6.45, 7) is 1.91. The van der Waals surface area contributed by atoms with Gasteiger partial charge in [0.2, 0.25) is 0 Å². The molecule has 0 saturated carbocycles. The number of ketones is 1. The third kappa shape index (κ3) is 2.24. The highest BCUT2D eigenvalue weighted by molar-refractivity contribution is 6.10. The first kappa shape index (κ1) is 11.1. The molecule has 0 unspecified atom stereocenters. The zero-order valence-electron chi connectivity index (χ0n) is 9.47. The van der Waals surface area contributed by atoms with Gasteiger partial charge in [0.05, 0.1) is 11.6 Å². The van der Waals surface area contributed by atoms with Crippen molar-refractivity contribution >= 4 is 5.78 Å². The molecule has 17 heavy (non-hydrogen) atoms. The lowest BCUT2D eigenvalue weighted by molar-refractivity contribution is 0.103. The van der Waals surface area contributed by atoms with Crippen LogP contribution in [-0.2, 0) is 0 Å². The standard InChI is InChI=1S/C15H11NO/c1-11-7-8-13(10-16)14(9-11)15(17)12-5-3-2-4-6-12/h2-9H,1H3. The Bertz CT molecular complexity index is 594. The van der Waals surface area contributed by atoms with E-state index in [9.17, 15) is 4.79 Å². The Kier molecular flexibility index (Phi) is 3.02. The lowest BCUT2D eigenvalue weighted by atomic mass is 9.97. The first-order valence-corrected chi connectivity index (χ1v) is 5.33. The minimum absolute atomic E-state index is 0.106. The Labute approximate surface area is 100 Å². The van der Waals surface area contributed by atoms with E-state index in [0.717, 1.165) is 5.56 Å². The average molecular weight is 221 g/mol. The Balaban J connectivity index is 2.52. The quantitative estimate of drug-likeness (QED) is 0.731. The van der Waals surface area contributed by atoms with Crippen LogP contribution in [0.3, 0.4) is 0 Å². The monoisotopic (exact) mass is 221 g/mol. The van der Waals surface area contributed by atoms with Crippen molar-refractivity contribution in [1.82, 2.24) is 0 Å². The molecule has 0 atom stereocenters. The third-order valence-corrected chi connectivity index (χ3v) is 2.58. The predicted molar refractivity (Wildman–Crippen MR) is 65.8 cm³/mol. The van der Waals surface area contributed by atoms with Crippen molar-refractivity contribution in [1.29, 1.82) is 5.26 Å². The summed E-state index contributed by atoms with van der Waals surface area (Å²) in [6.07, 6.45) is 0. The Morgan fingerprint density at radius 3 is 2.47 bits per heavy atom. The average Bonchev–Trinajstić information content (AvgIpc) is 2.39. The lowest BCUT2D eigenvalue weighted by Gasteiger charge is -2.04. The minimum Gasteiger partial charge on any atom is -0.289 e. The van der Waals surface area contributed by atoms with Gasteiger partial charge in [0.25, 0.3) is 0 Å². The number of nitriles is 1. The van der Waals surface area contributed by atoms with Crippen molar-refractivity contribution in [2.75, 3.05) is 0 Å². The van der Waals surface area contributed by atoms with Crippen LogP contribution >= 0.6 is 0 Å². The molecule has 0 saturated heterocycles. The number of benzene rings is 2. The molecule has 0 fully saturated rings. The van der Waals surface area contributed by atoms with Gasteiger partial charge in [-0.3, -0.25) is 4.79 Å². The highest BCUT2D eigenvalue weighted by Gasteiger charge is 2.13. The maximum absolute atomic E-state index is 12.2. The van der Waals surface area contributed by atoms with Gasteiger partial charge in [-0.25, -0.2) is 0 Å². The second-order valence-electron chi connectivity index (χ2n) is 3.86. The molecule has 2 aromatic rings. The van der Waals surface area contributed by atoms with Gasteiger partial charge in [0, 0.05) is 11.1 Å². The largest absolute Gasteiger partial charge is 0.289 e. The number of nitrogens with zero attached hydrogens (tertiary/aromatic N) is 1. The summed E-state index contributed by atoms with van der Waals surface area (Å²) < 4.78 is 0. The van der Waals surface area contributed by atoms with Crippen LogP contribution in [0.15, 0.2) is 48.5 Å². The summed E-state index contributed by atoms with van der Waals surface area (Å²) in [5.74, 6) is -0.106. The fourth-order valence-electron chi connectivity index (χ4n) is 1.69. The van der Waals surface area contributed by atoms with Crippen LogP contribution in [0.2, 0.25) is 0 Å². The molecule has 2 aromatic carbocycles. The molecule has 2 heteroatoms. The van der Waals surface area contributed by atoms with Gasteiger partial charge in [0.15, 0.2) is 5.78 Å². The van der Waals surface area contributed by atoms with Crippen molar-refractivity contribution in [3.8, 4) is 6.07 Å². The molecular formula is C15H11NO. The molecule has 82 valence electrons. The summed E-state index contributed by atoms with van der Waals surface area (Å²) in [4.78, 5) is 12.2. The van der Waals surface area contributed by atoms with Gasteiger partial charge in [-0.1, -0.05) is 42.0 Å². The van der Waals surface area contributed by atoms with Crippen LogP contribution < -0.4 is 0 Å². The normalized spacial score (nSPS) is 9.65. The first-order valence-electron chi connectivity index (χ1n) is 5.33. The van der Waals surface area contributed by atoms with Crippen LogP contribution in [0, 0.1) is 18.3 Å². The van der Waals surface area contributed by atoms with Crippen LogP contribution in [0.1, 0.15) is 27.0 Å². The van der Waals surface area contributed by atoms with Gasteiger partial charge in [-0.15, -0.1) is 0 Å². The topological polar surface area (TPSA) is 40.9 Å². The Morgan fingerprint density at radius 1 is 1.12 bits per heavy atom. The van der Waals surface area contributed by atoms with Crippen molar-refractivity contribution < 1.29 is 4.79 Å². The van der Waals surface area contributed by atoms with Gasteiger partial charge in [-0.05, 0) is 19.1 Å². The van der Waals surface area contributed by atoms with Crippen molar-refractivity contribution in [2.24, 2.45) is 0 Å². The number of carbonyl (C=O) groups is 1. The van der Waals surface area contributed by atoms with E-state index in [1.54, 1.807) is 24.3 Å². The third-order valence-electron chi connectivity index (χ3n) is 2.58. The minimum atomic E-state index is -0.106. The first-order chi connectivity index (χ1) is 8.22. The fraction of sp³-hybridized carbons (Fsp3) is 0.0667. The van der Waals surface area contributed by atoms with Crippen LogP contribution in [0.25, 0.3) is 0 Å². The number of hydrogen-bond acceptors (Lipinski definition) is 2. The molecule has 2 nitrogen and oxygen atoms in total. The second kappa shape index (κ2) is 4.63. The fourth-order valence-corrected chi connectivity index (χ4v) is 1.69. The van der Waals surface area contributed by atoms with E-state index < -0.39 is 0 Å². The van der Waals surface area contributed by atoms with E-state index in [2.05, 4.69) is 6.07 Å². The molecule has 0 amide bonds. The maximum Gasteiger partial charge on any atom is 0.194 e. The number of rotatable bonds is 2. The number of carbonyl (C=O) groups excluding carboxylic acids is 1. The zero-order chi connectivity index (χ0) is 12.3. The molecule has 0 heterocycles. The van der Waals surface area contributed by atoms with E-state index in [1.165, 1.54) is 0 Å². The van der Waals surface area contributed by atoms with E-state index in [4.69, 9.17) is 5.26 Å². The van der Waals surface area contributed by atoms with Gasteiger partial charge in [0.1, 0.15) is 0 Å². The SMILES string of the molecule is Cc1ccc(C#N)c(C(=O)c2ccccc2)c1. The highest BCUT2D eigenvalue weighted by atomic mass is 16.1. The molecule has 0 aliphatic carbocycles. The number of aryl methyl sites for hydroxylation is 1. The van der Waals surface area contributed by atoms with Gasteiger partial charge in [-0.2, -0.15) is 5.26 Å². The van der Waals surface area contributed by atoms with Crippen molar-refractivity contribution in [3.63, 3.8) is 0 Å². The number of hydrogen-bond donors (Lipinski definition) is 0. The van der Waals surface area contributed by atoms with Gasteiger partial charge >= 0.3 is 0 Å². The van der Waals surface area contributed by atoms with Crippen LogP contribution in [-0.4, -0.2) is 5.78 Å². The van der Waals surface area contributed by atoms with Crippen LogP contribution in [0.5, 0.6) is 0 Å². The maximum atomic E-state index is 12.2. The molecule has 0 bridgehead atoms. The second-order valence-corrected chi connectivity index (χ2v) is 3.86. The molecule has 0 aromatic heterocycles. The molecule has 0 radical (unpaired) electrons. The Morgan fingerprint density at radius 2 is 1.82 bits per heavy atom. The molecular weight excluding hydrogens is 210 g/mol. The zero-order valence-corrected chi connectivity index (χ0v) is 9.47.